The second-order valence-electron chi connectivity index (χ2n) is 4.79. The third-order valence-corrected chi connectivity index (χ3v) is 5.02. The van der Waals surface area contributed by atoms with Crippen LogP contribution in [0.15, 0.2) is 29.2 Å². The number of hydrogen-bond donors (Lipinski definition) is 1. The molecule has 1 fully saturated rings. The molecule has 108 valence electrons. The van der Waals surface area contributed by atoms with E-state index in [0.717, 1.165) is 19.4 Å². The summed E-state index contributed by atoms with van der Waals surface area (Å²) in [6, 6.07) is 7.97. The number of benzene rings is 1. The van der Waals surface area contributed by atoms with Gasteiger partial charge in [-0.1, -0.05) is 0 Å². The van der Waals surface area contributed by atoms with Crippen LogP contribution in [-0.4, -0.2) is 40.0 Å². The van der Waals surface area contributed by atoms with Crippen LogP contribution in [0.3, 0.4) is 0 Å². The first-order valence-corrected chi connectivity index (χ1v) is 8.32. The van der Waals surface area contributed by atoms with Crippen molar-refractivity contribution in [3.05, 3.63) is 29.8 Å². The van der Waals surface area contributed by atoms with Gasteiger partial charge in [0.05, 0.1) is 28.4 Å². The molecule has 2 rings (SSSR count). The summed E-state index contributed by atoms with van der Waals surface area (Å²) < 4.78 is 29.6. The van der Waals surface area contributed by atoms with Crippen LogP contribution in [0.5, 0.6) is 0 Å². The van der Waals surface area contributed by atoms with E-state index < -0.39 is 9.84 Å². The molecular formula is C14H18N2O3S. The number of sulfone groups is 1. The SMILES string of the molecule is N#Cc1ccc(S(=O)(=O)CCNCC2CCCO2)cc1. The summed E-state index contributed by atoms with van der Waals surface area (Å²) in [5, 5.41) is 11.8. The van der Waals surface area contributed by atoms with Gasteiger partial charge >= 0.3 is 0 Å². The van der Waals surface area contributed by atoms with E-state index in [1.807, 2.05) is 6.07 Å². The second kappa shape index (κ2) is 6.84. The maximum atomic E-state index is 12.1. The maximum absolute atomic E-state index is 12.1. The van der Waals surface area contributed by atoms with E-state index >= 15 is 0 Å². The van der Waals surface area contributed by atoms with Crippen LogP contribution in [0.1, 0.15) is 18.4 Å². The highest BCUT2D eigenvalue weighted by atomic mass is 32.2. The standard InChI is InChI=1S/C14H18N2O3S/c15-10-12-3-5-14(6-4-12)20(17,18)9-7-16-11-13-2-1-8-19-13/h3-6,13,16H,1-2,7-9,11H2. The Morgan fingerprint density at radius 3 is 2.70 bits per heavy atom. The smallest absolute Gasteiger partial charge is 0.179 e. The molecule has 0 radical (unpaired) electrons. The lowest BCUT2D eigenvalue weighted by atomic mass is 10.2. The lowest BCUT2D eigenvalue weighted by Gasteiger charge is -2.10. The first-order chi connectivity index (χ1) is 9.62. The van der Waals surface area contributed by atoms with Crippen LogP contribution < -0.4 is 5.32 Å². The Morgan fingerprint density at radius 1 is 1.35 bits per heavy atom. The van der Waals surface area contributed by atoms with Gasteiger partial charge in [-0.15, -0.1) is 0 Å². The topological polar surface area (TPSA) is 79.2 Å². The first kappa shape index (κ1) is 15.0. The highest BCUT2D eigenvalue weighted by molar-refractivity contribution is 7.91. The Balaban J connectivity index is 1.82. The fourth-order valence-electron chi connectivity index (χ4n) is 2.13. The summed E-state index contributed by atoms with van der Waals surface area (Å²) in [6.07, 6.45) is 2.33. The van der Waals surface area contributed by atoms with Crippen molar-refractivity contribution in [2.24, 2.45) is 0 Å². The van der Waals surface area contributed by atoms with Gasteiger partial charge in [0.2, 0.25) is 0 Å². The van der Waals surface area contributed by atoms with Crippen molar-refractivity contribution in [2.75, 3.05) is 25.4 Å². The summed E-state index contributed by atoms with van der Waals surface area (Å²) in [5.74, 6) is 0.0472. The highest BCUT2D eigenvalue weighted by Gasteiger charge is 2.16. The molecule has 1 aliphatic rings. The zero-order chi connectivity index (χ0) is 14.4. The van der Waals surface area contributed by atoms with Crippen LogP contribution in [0, 0.1) is 11.3 Å². The number of nitriles is 1. The zero-order valence-corrected chi connectivity index (χ0v) is 12.0. The van der Waals surface area contributed by atoms with Crippen molar-refractivity contribution >= 4 is 9.84 Å². The largest absolute Gasteiger partial charge is 0.377 e. The molecule has 1 N–H and O–H groups in total. The Labute approximate surface area is 119 Å². The fraction of sp³-hybridized carbons (Fsp3) is 0.500. The molecule has 0 amide bonds. The monoisotopic (exact) mass is 294 g/mol. The quantitative estimate of drug-likeness (QED) is 0.795. The number of rotatable bonds is 6. The average Bonchev–Trinajstić information content (AvgIpc) is 2.97. The molecule has 1 aliphatic heterocycles. The van der Waals surface area contributed by atoms with E-state index in [1.54, 1.807) is 0 Å². The van der Waals surface area contributed by atoms with Gasteiger partial charge in [-0.3, -0.25) is 0 Å². The van der Waals surface area contributed by atoms with Crippen LogP contribution in [0.4, 0.5) is 0 Å². The predicted octanol–water partition coefficient (Wildman–Crippen LogP) is 1.10. The van der Waals surface area contributed by atoms with Gasteiger partial charge in [0.1, 0.15) is 0 Å². The van der Waals surface area contributed by atoms with E-state index in [2.05, 4.69) is 5.32 Å². The third-order valence-electron chi connectivity index (χ3n) is 3.29. The Bertz CT molecular complexity index is 569. The van der Waals surface area contributed by atoms with Crippen LogP contribution in [0.25, 0.3) is 0 Å². The van der Waals surface area contributed by atoms with E-state index in [9.17, 15) is 8.42 Å². The normalized spacial score (nSPS) is 18.9. The van der Waals surface area contributed by atoms with Gasteiger partial charge in [0.15, 0.2) is 9.84 Å². The molecule has 0 bridgehead atoms. The molecule has 5 nitrogen and oxygen atoms in total. The number of hydrogen-bond acceptors (Lipinski definition) is 5. The summed E-state index contributed by atoms with van der Waals surface area (Å²) in [4.78, 5) is 0.260. The van der Waals surface area contributed by atoms with Crippen LogP contribution >= 0.6 is 0 Å². The molecule has 1 unspecified atom stereocenters. The van der Waals surface area contributed by atoms with Crippen molar-refractivity contribution in [1.82, 2.24) is 5.32 Å². The van der Waals surface area contributed by atoms with E-state index in [0.29, 0.717) is 18.7 Å². The fourth-order valence-corrected chi connectivity index (χ4v) is 3.33. The molecule has 0 aliphatic carbocycles. The van der Waals surface area contributed by atoms with Gasteiger partial charge < -0.3 is 10.1 Å². The molecule has 0 aromatic heterocycles. The third kappa shape index (κ3) is 4.04. The summed E-state index contributed by atoms with van der Waals surface area (Å²) in [7, 11) is -3.29. The average molecular weight is 294 g/mol. The molecule has 1 aromatic carbocycles. The molecule has 1 aromatic rings. The van der Waals surface area contributed by atoms with Gasteiger partial charge in [0.25, 0.3) is 0 Å². The van der Waals surface area contributed by atoms with Crippen molar-refractivity contribution in [2.45, 2.75) is 23.8 Å². The summed E-state index contributed by atoms with van der Waals surface area (Å²) >= 11 is 0. The van der Waals surface area contributed by atoms with Gasteiger partial charge in [-0.05, 0) is 37.1 Å². The zero-order valence-electron chi connectivity index (χ0n) is 11.2. The lowest BCUT2D eigenvalue weighted by molar-refractivity contribution is 0.110. The number of ether oxygens (including phenoxy) is 1. The van der Waals surface area contributed by atoms with E-state index in [1.165, 1.54) is 24.3 Å². The van der Waals surface area contributed by atoms with Crippen molar-refractivity contribution < 1.29 is 13.2 Å². The van der Waals surface area contributed by atoms with Crippen molar-refractivity contribution in [3.8, 4) is 6.07 Å². The minimum atomic E-state index is -3.29. The summed E-state index contributed by atoms with van der Waals surface area (Å²) in [5.41, 5.74) is 0.459. The maximum Gasteiger partial charge on any atom is 0.179 e. The van der Waals surface area contributed by atoms with Crippen molar-refractivity contribution in [1.29, 1.82) is 5.26 Å². The Morgan fingerprint density at radius 2 is 2.10 bits per heavy atom. The Hall–Kier alpha value is -1.42. The molecule has 1 heterocycles. The van der Waals surface area contributed by atoms with Gasteiger partial charge in [-0.2, -0.15) is 5.26 Å². The number of nitrogens with zero attached hydrogens (tertiary/aromatic N) is 1. The molecule has 6 heteroatoms. The molecular weight excluding hydrogens is 276 g/mol. The molecule has 0 saturated carbocycles. The highest BCUT2D eigenvalue weighted by Crippen LogP contribution is 2.12. The van der Waals surface area contributed by atoms with E-state index in [4.69, 9.17) is 10.00 Å². The number of nitrogens with one attached hydrogen (secondary N) is 1. The molecule has 0 spiro atoms. The minimum absolute atomic E-state index is 0.0472. The van der Waals surface area contributed by atoms with Crippen LogP contribution in [-0.2, 0) is 14.6 Å². The lowest BCUT2D eigenvalue weighted by Crippen LogP contribution is -2.30. The minimum Gasteiger partial charge on any atom is -0.377 e. The van der Waals surface area contributed by atoms with Gasteiger partial charge in [-0.25, -0.2) is 8.42 Å². The summed E-state index contributed by atoms with van der Waals surface area (Å²) in [6.45, 7) is 1.90. The second-order valence-corrected chi connectivity index (χ2v) is 6.90. The predicted molar refractivity (Wildman–Crippen MR) is 75.1 cm³/mol. The molecule has 1 saturated heterocycles. The van der Waals surface area contributed by atoms with Crippen LogP contribution in [0.2, 0.25) is 0 Å². The van der Waals surface area contributed by atoms with Gasteiger partial charge in [0, 0.05) is 19.7 Å². The van der Waals surface area contributed by atoms with E-state index in [-0.39, 0.29) is 16.8 Å². The first-order valence-electron chi connectivity index (χ1n) is 6.67. The van der Waals surface area contributed by atoms with Crippen molar-refractivity contribution in [3.63, 3.8) is 0 Å². The Kier molecular flexibility index (Phi) is 5.12. The molecule has 1 atom stereocenters. The molecule has 20 heavy (non-hydrogen) atoms.